The number of ether oxygens (including phenoxy) is 2. The van der Waals surface area contributed by atoms with E-state index in [0.717, 1.165) is 54.8 Å². The Morgan fingerprint density at radius 3 is 2.14 bits per heavy atom. The number of benzene rings is 2. The zero-order chi connectivity index (χ0) is 54.6. The third kappa shape index (κ3) is 14.7. The van der Waals surface area contributed by atoms with Gasteiger partial charge >= 0.3 is 0 Å². The van der Waals surface area contributed by atoms with Crippen molar-refractivity contribution in [2.75, 3.05) is 13.7 Å². The Morgan fingerprint density at radius 1 is 0.789 bits per heavy atom. The molecule has 0 saturated heterocycles. The maximum Gasteiger partial charge on any atom is 0.166 e. The summed E-state index contributed by atoms with van der Waals surface area (Å²) in [5, 5.41) is 37.8. The van der Waals surface area contributed by atoms with E-state index in [0.29, 0.717) is 47.9 Å². The fraction of sp³-hybridized carbons (Fsp3) is 0.603. The molecule has 1 aromatic heterocycles. The van der Waals surface area contributed by atoms with Gasteiger partial charge in [-0.3, -0.25) is 28.7 Å². The second-order valence-electron chi connectivity index (χ2n) is 23.7. The van der Waals surface area contributed by atoms with Crippen molar-refractivity contribution >= 4 is 41.1 Å². The predicted octanol–water partition coefficient (Wildman–Crippen LogP) is 11.8. The lowest BCUT2D eigenvalue weighted by molar-refractivity contribution is -0.128. The highest BCUT2D eigenvalue weighted by atomic mass is 16.5. The third-order valence-electron chi connectivity index (χ3n) is 18.2. The summed E-state index contributed by atoms with van der Waals surface area (Å²) in [5.41, 5.74) is 4.03. The smallest absolute Gasteiger partial charge is 0.166 e. The number of phenols is 2. The molecule has 4 aliphatic carbocycles. The molecule has 0 radical (unpaired) electrons. The molecule has 76 heavy (non-hydrogen) atoms. The van der Waals surface area contributed by atoms with Crippen molar-refractivity contribution in [2.24, 2.45) is 52.3 Å². The first-order valence-electron chi connectivity index (χ1n) is 28.4. The van der Waals surface area contributed by atoms with E-state index in [1.165, 1.54) is 106 Å². The minimum atomic E-state index is -1.18. The minimum absolute atomic E-state index is 0.0315. The average molecular weight is 1040 g/mol. The predicted molar refractivity (Wildman–Crippen MR) is 294 cm³/mol. The SMILES string of the molecule is COc1cc(/C=C/C(=O)C(Cc2cn(CCC(=O)CCCC(=O)CCCC(=O)CO[C@H]3CC[C@@]4(C)C(=CC[C@H]5[C@@H]6CC[C@H](C(C)CCCC(C)C)[C@@]6(C)CC[C@@H]54)C3)nn2)C(=O)/C=C/c2ccc(O)c(CO)c2)ccc1O. The van der Waals surface area contributed by atoms with Crippen LogP contribution >= 0.6 is 0 Å². The number of carbonyl (C=O) groups excluding carboxylic acids is 5. The summed E-state index contributed by atoms with van der Waals surface area (Å²) in [6.07, 6.45) is 25.7. The normalized spacial score (nSPS) is 24.9. The molecule has 0 aliphatic heterocycles. The zero-order valence-corrected chi connectivity index (χ0v) is 46.1. The summed E-state index contributed by atoms with van der Waals surface area (Å²) in [5.74, 6) is 2.76. The average Bonchev–Trinajstić information content (AvgIpc) is 4.03. The maximum absolute atomic E-state index is 13.6. The maximum atomic E-state index is 13.6. The number of nitrogens with zero attached hydrogens (tertiary/aromatic N) is 3. The zero-order valence-electron chi connectivity index (χ0n) is 46.1. The van der Waals surface area contributed by atoms with Gasteiger partial charge in [-0.1, -0.05) is 95.0 Å². The number of aromatic nitrogens is 3. The van der Waals surface area contributed by atoms with E-state index in [9.17, 15) is 39.3 Å². The highest BCUT2D eigenvalue weighted by Gasteiger charge is 2.59. The summed E-state index contributed by atoms with van der Waals surface area (Å²) in [6, 6.07) is 9.11. The Balaban J connectivity index is 0.800. The van der Waals surface area contributed by atoms with E-state index < -0.39 is 24.1 Å². The van der Waals surface area contributed by atoms with Gasteiger partial charge in [0.2, 0.25) is 0 Å². The van der Waals surface area contributed by atoms with E-state index in [1.54, 1.807) is 30.0 Å². The number of methoxy groups -OCH3 is 1. The molecule has 0 spiro atoms. The highest BCUT2D eigenvalue weighted by Crippen LogP contribution is 2.67. The number of hydrogen-bond donors (Lipinski definition) is 3. The standard InChI is InChI=1S/C63H85N3O10/c1-41(2)10-7-11-42(3)54-22-23-55-52-21-20-46-36-51(28-31-62(46,4)56(52)29-32-63(54,55)5)76-40-50(70)15-9-13-48(68)12-8-14-49(69)30-33-66-38-47(64-65-66)37-53(58(72)25-17-43-16-24-57(71)45(34-43)39-67)59(73)26-18-44-19-27-60(74)61(35-44)75-6/h16-20,24-27,34-35,38,41-42,51-56,67,71,74H,7-15,21-23,28-33,36-37,39-40H2,1-6H3/b25-17+,26-18+/t42?,51-,52-,53?,54+,55-,56-,62-,63+/m0/s1. The van der Waals surface area contributed by atoms with E-state index in [4.69, 9.17) is 9.47 Å². The van der Waals surface area contributed by atoms with Gasteiger partial charge < -0.3 is 24.8 Å². The summed E-state index contributed by atoms with van der Waals surface area (Å²) in [4.78, 5) is 65.7. The third-order valence-corrected chi connectivity index (χ3v) is 18.2. The van der Waals surface area contributed by atoms with Crippen LogP contribution in [-0.2, 0) is 48.3 Å². The summed E-state index contributed by atoms with van der Waals surface area (Å²) in [7, 11) is 1.41. The highest BCUT2D eigenvalue weighted by molar-refractivity contribution is 6.13. The Morgan fingerprint density at radius 2 is 1.46 bits per heavy atom. The molecule has 0 bridgehead atoms. The van der Waals surface area contributed by atoms with Crippen molar-refractivity contribution in [3.8, 4) is 17.2 Å². The molecule has 2 aromatic carbocycles. The Bertz CT molecular complexity index is 2540. The Hall–Kier alpha value is -5.53. The van der Waals surface area contributed by atoms with Crippen molar-refractivity contribution in [1.29, 1.82) is 0 Å². The van der Waals surface area contributed by atoms with E-state index >= 15 is 0 Å². The topological polar surface area (TPSA) is 195 Å². The molecule has 3 aromatic rings. The van der Waals surface area contributed by atoms with Gasteiger partial charge in [-0.05, 0) is 158 Å². The molecule has 3 saturated carbocycles. The molecule has 3 fully saturated rings. The van der Waals surface area contributed by atoms with Crippen LogP contribution in [0, 0.1) is 52.3 Å². The van der Waals surface area contributed by atoms with Crippen molar-refractivity contribution < 1.29 is 48.8 Å². The lowest BCUT2D eigenvalue weighted by Crippen LogP contribution is -2.51. The summed E-state index contributed by atoms with van der Waals surface area (Å²) < 4.78 is 12.9. The second kappa shape index (κ2) is 26.7. The molecule has 1 heterocycles. The lowest BCUT2D eigenvalue weighted by Gasteiger charge is -2.58. The minimum Gasteiger partial charge on any atom is -0.508 e. The number of phenolic OH excluding ortho intramolecular Hbond substituents is 1. The summed E-state index contributed by atoms with van der Waals surface area (Å²) in [6.45, 7) is 12.4. The number of aryl methyl sites for hydroxylation is 1. The van der Waals surface area contributed by atoms with Crippen molar-refractivity contribution in [3.05, 3.63) is 88.8 Å². The number of rotatable bonds is 29. The summed E-state index contributed by atoms with van der Waals surface area (Å²) >= 11 is 0. The van der Waals surface area contributed by atoms with Gasteiger partial charge in [0.05, 0.1) is 31.4 Å². The first kappa shape index (κ1) is 58.2. The number of Topliss-reactive ketones (excluding diaryl/α,β-unsaturated/α-hetero) is 3. The monoisotopic (exact) mass is 1040 g/mol. The number of hydrogen-bond acceptors (Lipinski definition) is 12. The molecular formula is C63H85N3O10. The van der Waals surface area contributed by atoms with Crippen LogP contribution in [0.3, 0.4) is 0 Å². The van der Waals surface area contributed by atoms with E-state index in [2.05, 4.69) is 51.0 Å². The van der Waals surface area contributed by atoms with Crippen LogP contribution in [0.2, 0.25) is 0 Å². The van der Waals surface area contributed by atoms with Crippen LogP contribution in [0.5, 0.6) is 17.2 Å². The first-order chi connectivity index (χ1) is 36.4. The van der Waals surface area contributed by atoms with Crippen LogP contribution in [0.25, 0.3) is 12.2 Å². The molecular weight excluding hydrogens is 959 g/mol. The second-order valence-corrected chi connectivity index (χ2v) is 23.7. The number of aliphatic hydroxyl groups excluding tert-OH is 1. The lowest BCUT2D eigenvalue weighted by atomic mass is 9.47. The first-order valence-corrected chi connectivity index (χ1v) is 28.4. The molecule has 13 nitrogen and oxygen atoms in total. The Kier molecular flexibility index (Phi) is 20.4. The number of fused-ring (bicyclic) bond motifs is 5. The molecule has 412 valence electrons. The molecule has 3 N–H and O–H groups in total. The molecule has 7 rings (SSSR count). The van der Waals surface area contributed by atoms with Gasteiger partial charge in [-0.2, -0.15) is 0 Å². The number of aromatic hydroxyl groups is 2. The fourth-order valence-electron chi connectivity index (χ4n) is 13.8. The largest absolute Gasteiger partial charge is 0.508 e. The molecule has 2 unspecified atom stereocenters. The number of carbonyl (C=O) groups is 5. The number of allylic oxidation sites excluding steroid dienone is 3. The van der Waals surface area contributed by atoms with Crippen LogP contribution in [-0.4, -0.2) is 79.1 Å². The quantitative estimate of drug-likeness (QED) is 0.0339. The van der Waals surface area contributed by atoms with Crippen LogP contribution < -0.4 is 4.74 Å². The van der Waals surface area contributed by atoms with Crippen molar-refractivity contribution in [1.82, 2.24) is 15.0 Å². The van der Waals surface area contributed by atoms with Gasteiger partial charge in [0.1, 0.15) is 23.9 Å². The van der Waals surface area contributed by atoms with Crippen LogP contribution in [0.4, 0.5) is 0 Å². The number of ketones is 5. The van der Waals surface area contributed by atoms with Crippen LogP contribution in [0.1, 0.15) is 173 Å². The molecule has 0 amide bonds. The Labute approximate surface area is 451 Å². The van der Waals surface area contributed by atoms with E-state index in [-0.39, 0.29) is 90.5 Å². The van der Waals surface area contributed by atoms with Gasteiger partial charge in [0.25, 0.3) is 0 Å². The number of aliphatic hydroxyl groups is 1. The van der Waals surface area contributed by atoms with Crippen molar-refractivity contribution in [2.45, 2.75) is 176 Å². The molecule has 13 heteroatoms. The molecule has 4 aliphatic rings. The van der Waals surface area contributed by atoms with Gasteiger partial charge in [0, 0.05) is 56.8 Å². The van der Waals surface area contributed by atoms with Crippen molar-refractivity contribution in [3.63, 3.8) is 0 Å². The van der Waals surface area contributed by atoms with Crippen LogP contribution in [0.15, 0.2) is 66.4 Å². The molecule has 9 atom stereocenters. The fourth-order valence-corrected chi connectivity index (χ4v) is 13.8. The van der Waals surface area contributed by atoms with Gasteiger partial charge in [-0.25, -0.2) is 0 Å². The van der Waals surface area contributed by atoms with E-state index in [1.807, 2.05) is 0 Å². The van der Waals surface area contributed by atoms with Gasteiger partial charge in [0.15, 0.2) is 28.8 Å². The van der Waals surface area contributed by atoms with Gasteiger partial charge in [-0.15, -0.1) is 5.10 Å².